The van der Waals surface area contributed by atoms with E-state index in [9.17, 15) is 9.18 Å². The summed E-state index contributed by atoms with van der Waals surface area (Å²) in [6.45, 7) is 2.51. The van der Waals surface area contributed by atoms with Crippen molar-refractivity contribution in [1.82, 2.24) is 15.1 Å². The smallest absolute Gasteiger partial charge is 0.277 e. The molecule has 3 aromatic rings. The average Bonchev–Trinajstić information content (AvgIpc) is 3.28. The van der Waals surface area contributed by atoms with Crippen molar-refractivity contribution < 1.29 is 27.8 Å². The Bertz CT molecular complexity index is 1060. The molecule has 1 aliphatic rings. The van der Waals surface area contributed by atoms with Gasteiger partial charge in [0.1, 0.15) is 18.2 Å². The Kier molecular flexibility index (Phi) is 6.79. The van der Waals surface area contributed by atoms with E-state index in [1.54, 1.807) is 18.9 Å². The van der Waals surface area contributed by atoms with Crippen LogP contribution in [0.3, 0.4) is 0 Å². The molecule has 0 radical (unpaired) electrons. The summed E-state index contributed by atoms with van der Waals surface area (Å²) < 4.78 is 35.8. The number of benzene rings is 2. The number of rotatable bonds is 8. The molecule has 2 atom stereocenters. The standard InChI is InChI=1S/C22H22FN3O5S/c1-14(29-16-9-7-15(23)8-10-16)21-24-25-22(31-21)32-13-20(27)26(2)11-17-12-28-18-5-3-4-6-19(18)30-17/h3-10,14,17H,11-13H2,1-2H3. The molecular weight excluding hydrogens is 437 g/mol. The van der Waals surface area contributed by atoms with Gasteiger partial charge in [-0.1, -0.05) is 23.9 Å². The van der Waals surface area contributed by atoms with Gasteiger partial charge in [-0.3, -0.25) is 4.79 Å². The van der Waals surface area contributed by atoms with E-state index >= 15 is 0 Å². The fourth-order valence-corrected chi connectivity index (χ4v) is 3.71. The van der Waals surface area contributed by atoms with Crippen LogP contribution < -0.4 is 14.2 Å². The van der Waals surface area contributed by atoms with Crippen LogP contribution in [-0.4, -0.2) is 53.1 Å². The van der Waals surface area contributed by atoms with Crippen molar-refractivity contribution in [1.29, 1.82) is 0 Å². The van der Waals surface area contributed by atoms with Crippen LogP contribution in [0.5, 0.6) is 17.2 Å². The molecule has 0 bridgehead atoms. The number of fused-ring (bicyclic) bond motifs is 1. The van der Waals surface area contributed by atoms with Gasteiger partial charge in [0.2, 0.25) is 5.91 Å². The molecule has 0 saturated carbocycles. The zero-order valence-electron chi connectivity index (χ0n) is 17.6. The summed E-state index contributed by atoms with van der Waals surface area (Å²) in [5, 5.41) is 8.19. The number of halogens is 1. The van der Waals surface area contributed by atoms with Gasteiger partial charge in [0.05, 0.1) is 12.3 Å². The average molecular weight is 459 g/mol. The molecule has 2 heterocycles. The molecule has 10 heteroatoms. The van der Waals surface area contributed by atoms with Crippen LogP contribution in [0.25, 0.3) is 0 Å². The minimum Gasteiger partial charge on any atom is -0.486 e. The lowest BCUT2D eigenvalue weighted by atomic mass is 10.2. The summed E-state index contributed by atoms with van der Waals surface area (Å²) in [7, 11) is 1.71. The molecule has 4 rings (SSSR count). The molecule has 0 aliphatic carbocycles. The van der Waals surface area contributed by atoms with Crippen molar-refractivity contribution in [3.63, 3.8) is 0 Å². The summed E-state index contributed by atoms with van der Waals surface area (Å²) in [4.78, 5) is 14.1. The van der Waals surface area contributed by atoms with Crippen molar-refractivity contribution in [3.05, 3.63) is 60.2 Å². The Hall–Kier alpha value is -3.27. The van der Waals surface area contributed by atoms with Crippen molar-refractivity contribution in [2.45, 2.75) is 24.4 Å². The van der Waals surface area contributed by atoms with Crippen molar-refractivity contribution in [2.24, 2.45) is 0 Å². The molecule has 2 unspecified atom stereocenters. The molecule has 1 amide bonds. The summed E-state index contributed by atoms with van der Waals surface area (Å²) in [6, 6.07) is 13.1. The first kappa shape index (κ1) is 21.9. The highest BCUT2D eigenvalue weighted by Gasteiger charge is 2.24. The molecule has 32 heavy (non-hydrogen) atoms. The molecular formula is C22H22FN3O5S. The number of hydrogen-bond acceptors (Lipinski definition) is 8. The highest BCUT2D eigenvalue weighted by molar-refractivity contribution is 7.99. The third-order valence-corrected chi connectivity index (χ3v) is 5.49. The largest absolute Gasteiger partial charge is 0.486 e. The zero-order chi connectivity index (χ0) is 22.5. The van der Waals surface area contributed by atoms with E-state index in [-0.39, 0.29) is 34.7 Å². The van der Waals surface area contributed by atoms with Crippen LogP contribution in [0.4, 0.5) is 4.39 Å². The maximum Gasteiger partial charge on any atom is 0.277 e. The van der Waals surface area contributed by atoms with Crippen LogP contribution in [0, 0.1) is 5.82 Å². The number of ether oxygens (including phenoxy) is 3. The third-order valence-electron chi connectivity index (χ3n) is 4.69. The first-order valence-corrected chi connectivity index (χ1v) is 11.0. The van der Waals surface area contributed by atoms with E-state index < -0.39 is 6.10 Å². The molecule has 0 spiro atoms. The van der Waals surface area contributed by atoms with E-state index in [1.165, 1.54) is 24.3 Å². The minimum absolute atomic E-state index is 0.104. The molecule has 0 saturated heterocycles. The highest BCUT2D eigenvalue weighted by atomic mass is 32.2. The Balaban J connectivity index is 1.24. The van der Waals surface area contributed by atoms with E-state index in [0.717, 1.165) is 11.8 Å². The lowest BCUT2D eigenvalue weighted by Gasteiger charge is -2.29. The van der Waals surface area contributed by atoms with E-state index in [4.69, 9.17) is 18.6 Å². The summed E-state index contributed by atoms with van der Waals surface area (Å²) in [5.41, 5.74) is 0. The fraction of sp³-hybridized carbons (Fsp3) is 0.318. The van der Waals surface area contributed by atoms with Crippen LogP contribution >= 0.6 is 11.8 Å². The number of carbonyl (C=O) groups is 1. The first-order chi connectivity index (χ1) is 15.5. The zero-order valence-corrected chi connectivity index (χ0v) is 18.4. The van der Waals surface area contributed by atoms with Crippen LogP contribution in [-0.2, 0) is 4.79 Å². The maximum atomic E-state index is 13.0. The SMILES string of the molecule is CC(Oc1ccc(F)cc1)c1nnc(SCC(=O)N(C)CC2COc3ccccc3O2)o1. The normalized spacial score (nSPS) is 15.8. The molecule has 8 nitrogen and oxygen atoms in total. The van der Waals surface area contributed by atoms with Crippen LogP contribution in [0.2, 0.25) is 0 Å². The Labute approximate surface area is 188 Å². The Morgan fingerprint density at radius 2 is 1.97 bits per heavy atom. The number of aromatic nitrogens is 2. The Morgan fingerprint density at radius 1 is 1.22 bits per heavy atom. The molecule has 1 aliphatic heterocycles. The summed E-state index contributed by atoms with van der Waals surface area (Å²) in [5.74, 6) is 1.82. The quantitative estimate of drug-likeness (QED) is 0.471. The van der Waals surface area contributed by atoms with Crippen LogP contribution in [0.1, 0.15) is 18.9 Å². The van der Waals surface area contributed by atoms with E-state index in [0.29, 0.717) is 30.4 Å². The highest BCUT2D eigenvalue weighted by Crippen LogP contribution is 2.31. The lowest BCUT2D eigenvalue weighted by molar-refractivity contribution is -0.128. The molecule has 168 valence electrons. The predicted octanol–water partition coefficient (Wildman–Crippen LogP) is 3.74. The predicted molar refractivity (Wildman–Crippen MR) is 114 cm³/mol. The summed E-state index contributed by atoms with van der Waals surface area (Å²) in [6.07, 6.45) is -0.768. The second kappa shape index (κ2) is 9.90. The van der Waals surface area contributed by atoms with Crippen molar-refractivity contribution >= 4 is 17.7 Å². The third kappa shape index (κ3) is 5.50. The van der Waals surface area contributed by atoms with Gasteiger partial charge in [0.25, 0.3) is 11.1 Å². The van der Waals surface area contributed by atoms with Gasteiger partial charge in [-0.25, -0.2) is 4.39 Å². The van der Waals surface area contributed by atoms with Crippen molar-refractivity contribution in [2.75, 3.05) is 26.0 Å². The maximum absolute atomic E-state index is 13.0. The van der Waals surface area contributed by atoms with Gasteiger partial charge in [0.15, 0.2) is 23.7 Å². The Morgan fingerprint density at radius 3 is 2.75 bits per heavy atom. The second-order valence-corrected chi connectivity index (χ2v) is 8.11. The molecule has 1 aromatic heterocycles. The van der Waals surface area contributed by atoms with Gasteiger partial charge in [-0.05, 0) is 43.3 Å². The van der Waals surface area contributed by atoms with Crippen molar-refractivity contribution in [3.8, 4) is 17.2 Å². The summed E-state index contributed by atoms with van der Waals surface area (Å²) >= 11 is 1.15. The van der Waals surface area contributed by atoms with Gasteiger partial charge in [-0.2, -0.15) is 0 Å². The molecule has 2 aromatic carbocycles. The number of amides is 1. The molecule has 0 fully saturated rings. The number of nitrogens with zero attached hydrogens (tertiary/aromatic N) is 3. The van der Waals surface area contributed by atoms with Gasteiger partial charge < -0.3 is 23.5 Å². The number of carbonyl (C=O) groups excluding carboxylic acids is 1. The lowest BCUT2D eigenvalue weighted by Crippen LogP contribution is -2.42. The van der Waals surface area contributed by atoms with Gasteiger partial charge in [-0.15, -0.1) is 10.2 Å². The minimum atomic E-state index is -0.521. The molecule has 0 N–H and O–H groups in total. The number of hydrogen-bond donors (Lipinski definition) is 0. The fourth-order valence-electron chi connectivity index (χ4n) is 3.00. The van der Waals surface area contributed by atoms with Crippen LogP contribution in [0.15, 0.2) is 58.2 Å². The van der Waals surface area contributed by atoms with E-state index in [2.05, 4.69) is 10.2 Å². The van der Waals surface area contributed by atoms with E-state index in [1.807, 2.05) is 24.3 Å². The number of para-hydroxylation sites is 2. The number of thioether (sulfide) groups is 1. The first-order valence-electron chi connectivity index (χ1n) is 9.99. The van der Waals surface area contributed by atoms with Gasteiger partial charge in [0, 0.05) is 7.05 Å². The topological polar surface area (TPSA) is 86.9 Å². The number of likely N-dealkylation sites (N-methyl/N-ethyl adjacent to an activating group) is 1. The second-order valence-electron chi connectivity index (χ2n) is 7.18. The monoisotopic (exact) mass is 459 g/mol. The van der Waals surface area contributed by atoms with Gasteiger partial charge >= 0.3 is 0 Å².